The number of aliphatic hydroxyl groups is 1. The van der Waals surface area contributed by atoms with Crippen molar-refractivity contribution in [1.82, 2.24) is 9.97 Å². The molecule has 1 atom stereocenters. The van der Waals surface area contributed by atoms with E-state index in [2.05, 4.69) is 35.6 Å². The number of aromatic nitrogens is 2. The van der Waals surface area contributed by atoms with Crippen LogP contribution >= 0.6 is 0 Å². The maximum absolute atomic E-state index is 9.51. The van der Waals surface area contributed by atoms with Crippen LogP contribution in [0.3, 0.4) is 0 Å². The third-order valence-electron chi connectivity index (χ3n) is 2.91. The second-order valence-electron chi connectivity index (χ2n) is 5.40. The van der Waals surface area contributed by atoms with Gasteiger partial charge in [-0.05, 0) is 6.42 Å². The minimum Gasteiger partial charge on any atom is -0.391 e. The minimum absolute atomic E-state index is 0.0377. The lowest BCUT2D eigenvalue weighted by Gasteiger charge is -2.21. The van der Waals surface area contributed by atoms with Crippen LogP contribution in [-0.2, 0) is 5.41 Å². The zero-order valence-corrected chi connectivity index (χ0v) is 10.1. The molecule has 1 aromatic rings. The molecule has 16 heavy (non-hydrogen) atoms. The van der Waals surface area contributed by atoms with Gasteiger partial charge >= 0.3 is 0 Å². The first kappa shape index (κ1) is 11.3. The molecule has 0 spiro atoms. The first-order valence-electron chi connectivity index (χ1n) is 5.72. The van der Waals surface area contributed by atoms with E-state index in [1.807, 2.05) is 6.07 Å². The molecule has 2 heterocycles. The van der Waals surface area contributed by atoms with Gasteiger partial charge < -0.3 is 10.0 Å². The number of rotatable bonds is 1. The summed E-state index contributed by atoms with van der Waals surface area (Å²) in [5.74, 6) is 0.927. The molecule has 0 saturated carbocycles. The van der Waals surface area contributed by atoms with Crippen molar-refractivity contribution >= 4 is 5.82 Å². The number of β-amino-alcohol motifs (C(OH)–C–C–N with tert-alkyl or cyclic N) is 1. The molecule has 2 rings (SSSR count). The monoisotopic (exact) mass is 221 g/mol. The third kappa shape index (κ3) is 2.32. The van der Waals surface area contributed by atoms with Crippen molar-refractivity contribution in [1.29, 1.82) is 0 Å². The van der Waals surface area contributed by atoms with Crippen molar-refractivity contribution in [2.45, 2.75) is 38.7 Å². The number of anilines is 1. The van der Waals surface area contributed by atoms with E-state index < -0.39 is 0 Å². The maximum atomic E-state index is 9.51. The van der Waals surface area contributed by atoms with Crippen LogP contribution in [0.1, 0.15) is 32.9 Å². The fraction of sp³-hybridized carbons (Fsp3) is 0.667. The molecule has 1 aromatic heterocycles. The van der Waals surface area contributed by atoms with E-state index in [9.17, 15) is 5.11 Å². The molecule has 1 fully saturated rings. The van der Waals surface area contributed by atoms with E-state index in [1.165, 1.54) is 0 Å². The summed E-state index contributed by atoms with van der Waals surface area (Å²) in [6.45, 7) is 7.97. The molecule has 1 unspecified atom stereocenters. The van der Waals surface area contributed by atoms with Gasteiger partial charge in [0.05, 0.1) is 11.8 Å². The Morgan fingerprint density at radius 2 is 2.12 bits per heavy atom. The van der Waals surface area contributed by atoms with Crippen LogP contribution in [0.5, 0.6) is 0 Å². The van der Waals surface area contributed by atoms with Gasteiger partial charge in [-0.25, -0.2) is 9.97 Å². The smallest absolute Gasteiger partial charge is 0.132 e. The maximum Gasteiger partial charge on any atom is 0.132 e. The SMILES string of the molecule is CC(C)(C)c1cc(N2CCC(O)C2)ncn1. The summed E-state index contributed by atoms with van der Waals surface area (Å²) in [7, 11) is 0. The van der Waals surface area contributed by atoms with Crippen molar-refractivity contribution in [3.05, 3.63) is 18.1 Å². The van der Waals surface area contributed by atoms with Crippen molar-refractivity contribution in [2.24, 2.45) is 0 Å². The topological polar surface area (TPSA) is 49.2 Å². The van der Waals surface area contributed by atoms with Crippen LogP contribution in [0.2, 0.25) is 0 Å². The summed E-state index contributed by atoms with van der Waals surface area (Å²) in [5, 5.41) is 9.51. The molecule has 1 aliphatic rings. The zero-order valence-electron chi connectivity index (χ0n) is 10.1. The van der Waals surface area contributed by atoms with E-state index in [1.54, 1.807) is 6.33 Å². The van der Waals surface area contributed by atoms with Gasteiger partial charge in [-0.1, -0.05) is 20.8 Å². The lowest BCUT2D eigenvalue weighted by Crippen LogP contribution is -2.23. The van der Waals surface area contributed by atoms with Gasteiger partial charge in [-0.2, -0.15) is 0 Å². The Bertz CT molecular complexity index is 373. The molecule has 88 valence electrons. The molecular formula is C12H19N3O. The highest BCUT2D eigenvalue weighted by molar-refractivity contribution is 5.41. The molecule has 1 N–H and O–H groups in total. The third-order valence-corrected chi connectivity index (χ3v) is 2.91. The first-order valence-corrected chi connectivity index (χ1v) is 5.72. The Hall–Kier alpha value is -1.16. The summed E-state index contributed by atoms with van der Waals surface area (Å²) < 4.78 is 0. The molecule has 4 nitrogen and oxygen atoms in total. The van der Waals surface area contributed by atoms with Crippen LogP contribution in [0.15, 0.2) is 12.4 Å². The van der Waals surface area contributed by atoms with Crippen molar-refractivity contribution in [3.63, 3.8) is 0 Å². The van der Waals surface area contributed by atoms with E-state index in [0.29, 0.717) is 6.54 Å². The van der Waals surface area contributed by atoms with E-state index in [-0.39, 0.29) is 11.5 Å². The average molecular weight is 221 g/mol. The Balaban J connectivity index is 2.23. The molecule has 0 aliphatic carbocycles. The van der Waals surface area contributed by atoms with Crippen LogP contribution in [0.4, 0.5) is 5.82 Å². The molecule has 4 heteroatoms. The van der Waals surface area contributed by atoms with Gasteiger partial charge in [-0.15, -0.1) is 0 Å². The Morgan fingerprint density at radius 3 is 2.69 bits per heavy atom. The van der Waals surface area contributed by atoms with Gasteiger partial charge in [0.1, 0.15) is 12.1 Å². The van der Waals surface area contributed by atoms with Crippen LogP contribution in [-0.4, -0.2) is 34.3 Å². The number of hydrogen-bond donors (Lipinski definition) is 1. The molecular weight excluding hydrogens is 202 g/mol. The van der Waals surface area contributed by atoms with Gasteiger partial charge in [-0.3, -0.25) is 0 Å². The molecule has 1 aliphatic heterocycles. The van der Waals surface area contributed by atoms with Gasteiger partial charge in [0.25, 0.3) is 0 Å². The van der Waals surface area contributed by atoms with Crippen molar-refractivity contribution < 1.29 is 5.11 Å². The van der Waals surface area contributed by atoms with Gasteiger partial charge in [0.2, 0.25) is 0 Å². The normalized spacial score (nSPS) is 21.5. The summed E-state index contributed by atoms with van der Waals surface area (Å²) in [4.78, 5) is 10.7. The second kappa shape index (κ2) is 4.01. The predicted molar refractivity (Wildman–Crippen MR) is 63.6 cm³/mol. The average Bonchev–Trinajstić information content (AvgIpc) is 2.64. The zero-order chi connectivity index (χ0) is 11.8. The van der Waals surface area contributed by atoms with E-state index in [0.717, 1.165) is 24.5 Å². The van der Waals surface area contributed by atoms with Crippen LogP contribution in [0, 0.1) is 0 Å². The van der Waals surface area contributed by atoms with Crippen LogP contribution in [0.25, 0.3) is 0 Å². The lowest BCUT2D eigenvalue weighted by atomic mass is 9.92. The Kier molecular flexibility index (Phi) is 2.84. The molecule has 0 aromatic carbocycles. The second-order valence-corrected chi connectivity index (χ2v) is 5.40. The summed E-state index contributed by atoms with van der Waals surface area (Å²) in [5.41, 5.74) is 1.08. The quantitative estimate of drug-likeness (QED) is 0.777. The fourth-order valence-corrected chi connectivity index (χ4v) is 1.88. The highest BCUT2D eigenvalue weighted by atomic mass is 16.3. The van der Waals surface area contributed by atoms with Gasteiger partial charge in [0.15, 0.2) is 0 Å². The largest absolute Gasteiger partial charge is 0.391 e. The van der Waals surface area contributed by atoms with E-state index >= 15 is 0 Å². The Labute approximate surface area is 96.3 Å². The summed E-state index contributed by atoms with van der Waals surface area (Å²) >= 11 is 0. The number of aliphatic hydroxyl groups excluding tert-OH is 1. The predicted octanol–water partition coefficient (Wildman–Crippen LogP) is 1.35. The highest BCUT2D eigenvalue weighted by Gasteiger charge is 2.23. The summed E-state index contributed by atoms with van der Waals surface area (Å²) in [6.07, 6.45) is 2.23. The number of nitrogens with zero attached hydrogens (tertiary/aromatic N) is 3. The molecule has 0 radical (unpaired) electrons. The first-order chi connectivity index (χ1) is 7.47. The van der Waals surface area contributed by atoms with Gasteiger partial charge in [0, 0.05) is 24.6 Å². The lowest BCUT2D eigenvalue weighted by molar-refractivity contribution is 0.198. The molecule has 0 bridgehead atoms. The standard InChI is InChI=1S/C12H19N3O/c1-12(2,3)10-6-11(14-8-13-10)15-5-4-9(16)7-15/h6,8-9,16H,4-5,7H2,1-3H3. The van der Waals surface area contributed by atoms with Crippen molar-refractivity contribution in [2.75, 3.05) is 18.0 Å². The van der Waals surface area contributed by atoms with Crippen LogP contribution < -0.4 is 4.90 Å². The van der Waals surface area contributed by atoms with E-state index in [4.69, 9.17) is 0 Å². The highest BCUT2D eigenvalue weighted by Crippen LogP contribution is 2.24. The minimum atomic E-state index is -0.215. The Morgan fingerprint density at radius 1 is 1.38 bits per heavy atom. The molecule has 1 saturated heterocycles. The molecule has 0 amide bonds. The summed E-state index contributed by atoms with van der Waals surface area (Å²) in [6, 6.07) is 2.03. The number of hydrogen-bond acceptors (Lipinski definition) is 4. The fourth-order valence-electron chi connectivity index (χ4n) is 1.88. The van der Waals surface area contributed by atoms with Crippen molar-refractivity contribution in [3.8, 4) is 0 Å².